The van der Waals surface area contributed by atoms with Crippen molar-refractivity contribution in [2.24, 2.45) is 11.1 Å². The highest BCUT2D eigenvalue weighted by atomic mass is 32.2. The molecule has 1 aliphatic rings. The van der Waals surface area contributed by atoms with E-state index in [1.165, 1.54) is 12.1 Å². The van der Waals surface area contributed by atoms with Crippen LogP contribution in [0, 0.1) is 5.92 Å². The maximum absolute atomic E-state index is 11.8. The van der Waals surface area contributed by atoms with Crippen LogP contribution in [0.1, 0.15) is 31.2 Å². The highest BCUT2D eigenvalue weighted by molar-refractivity contribution is 7.89. The van der Waals surface area contributed by atoms with Gasteiger partial charge in [-0.3, -0.25) is 4.79 Å². The van der Waals surface area contributed by atoms with Crippen molar-refractivity contribution in [3.8, 4) is 0 Å². The van der Waals surface area contributed by atoms with Crippen molar-refractivity contribution in [3.63, 3.8) is 0 Å². The number of hydrogen-bond donors (Lipinski definition) is 2. The van der Waals surface area contributed by atoms with Gasteiger partial charge in [-0.1, -0.05) is 25.0 Å². The standard InChI is InChI=1S/C14H20N2O3S/c15-20(18,19)13-7-5-11(6-8-13)9-10-16-14(17)12-3-1-2-4-12/h5-8,12H,1-4,9-10H2,(H,16,17)(H2,15,18,19). The van der Waals surface area contributed by atoms with Crippen LogP contribution in [-0.2, 0) is 21.2 Å². The first-order chi connectivity index (χ1) is 9.47. The number of amides is 1. The first-order valence-corrected chi connectivity index (χ1v) is 8.41. The molecule has 1 aromatic rings. The second-order valence-electron chi connectivity index (χ2n) is 5.21. The Bertz CT molecular complexity index is 561. The van der Waals surface area contributed by atoms with Crippen LogP contribution in [0.5, 0.6) is 0 Å². The maximum Gasteiger partial charge on any atom is 0.238 e. The van der Waals surface area contributed by atoms with Crippen LogP contribution in [0.2, 0.25) is 0 Å². The Morgan fingerprint density at radius 1 is 1.20 bits per heavy atom. The second kappa shape index (κ2) is 6.37. The Kier molecular flexibility index (Phi) is 4.77. The van der Waals surface area contributed by atoms with Gasteiger partial charge in [-0.05, 0) is 37.0 Å². The van der Waals surface area contributed by atoms with Gasteiger partial charge in [-0.2, -0.15) is 0 Å². The molecule has 0 unspecified atom stereocenters. The minimum atomic E-state index is -3.63. The van der Waals surface area contributed by atoms with E-state index >= 15 is 0 Å². The Hall–Kier alpha value is -1.40. The van der Waals surface area contributed by atoms with Crippen LogP contribution >= 0.6 is 0 Å². The molecule has 0 radical (unpaired) electrons. The van der Waals surface area contributed by atoms with Crippen LogP contribution in [0.3, 0.4) is 0 Å². The SMILES string of the molecule is NS(=O)(=O)c1ccc(CCNC(=O)C2CCCC2)cc1. The maximum atomic E-state index is 11.8. The van der Waals surface area contributed by atoms with E-state index in [1.54, 1.807) is 12.1 Å². The summed E-state index contributed by atoms with van der Waals surface area (Å²) in [5.74, 6) is 0.323. The Morgan fingerprint density at radius 2 is 1.80 bits per heavy atom. The number of benzene rings is 1. The Morgan fingerprint density at radius 3 is 2.35 bits per heavy atom. The number of primary sulfonamides is 1. The molecule has 1 saturated carbocycles. The molecule has 0 aliphatic heterocycles. The topological polar surface area (TPSA) is 89.3 Å². The van der Waals surface area contributed by atoms with E-state index < -0.39 is 10.0 Å². The molecule has 0 aromatic heterocycles. The van der Waals surface area contributed by atoms with Crippen molar-refractivity contribution in [2.45, 2.75) is 37.0 Å². The monoisotopic (exact) mass is 296 g/mol. The fraction of sp³-hybridized carbons (Fsp3) is 0.500. The van der Waals surface area contributed by atoms with Crippen LogP contribution < -0.4 is 10.5 Å². The highest BCUT2D eigenvalue weighted by Gasteiger charge is 2.21. The van der Waals surface area contributed by atoms with Crippen LogP contribution in [-0.4, -0.2) is 20.9 Å². The third-order valence-corrected chi connectivity index (χ3v) is 4.62. The average Bonchev–Trinajstić information content (AvgIpc) is 2.92. The molecule has 1 aliphatic carbocycles. The Labute approximate surface area is 119 Å². The molecule has 110 valence electrons. The number of carbonyl (C=O) groups excluding carboxylic acids is 1. The summed E-state index contributed by atoms with van der Waals surface area (Å²) in [6.07, 6.45) is 4.97. The summed E-state index contributed by atoms with van der Waals surface area (Å²) in [5, 5.41) is 7.97. The zero-order valence-electron chi connectivity index (χ0n) is 11.3. The molecule has 1 fully saturated rings. The molecular formula is C14H20N2O3S. The molecule has 0 atom stereocenters. The quantitative estimate of drug-likeness (QED) is 0.855. The van der Waals surface area contributed by atoms with Crippen molar-refractivity contribution in [3.05, 3.63) is 29.8 Å². The van der Waals surface area contributed by atoms with Crippen molar-refractivity contribution in [1.82, 2.24) is 5.32 Å². The summed E-state index contributed by atoms with van der Waals surface area (Å²) in [6.45, 7) is 0.573. The van der Waals surface area contributed by atoms with Gasteiger partial charge in [0, 0.05) is 12.5 Å². The zero-order chi connectivity index (χ0) is 14.6. The average molecular weight is 296 g/mol. The lowest BCUT2D eigenvalue weighted by molar-refractivity contribution is -0.124. The summed E-state index contributed by atoms with van der Waals surface area (Å²) < 4.78 is 22.2. The number of nitrogens with one attached hydrogen (secondary N) is 1. The van der Waals surface area contributed by atoms with E-state index in [4.69, 9.17) is 5.14 Å². The number of nitrogens with two attached hydrogens (primary N) is 1. The lowest BCUT2D eigenvalue weighted by atomic mass is 10.1. The van der Waals surface area contributed by atoms with Crippen molar-refractivity contribution < 1.29 is 13.2 Å². The number of rotatable bonds is 5. The molecule has 0 bridgehead atoms. The van der Waals surface area contributed by atoms with E-state index in [9.17, 15) is 13.2 Å². The van der Waals surface area contributed by atoms with Crippen molar-refractivity contribution in [1.29, 1.82) is 0 Å². The fourth-order valence-electron chi connectivity index (χ4n) is 2.51. The van der Waals surface area contributed by atoms with Gasteiger partial charge >= 0.3 is 0 Å². The normalized spacial score (nSPS) is 16.2. The minimum absolute atomic E-state index is 0.108. The van der Waals surface area contributed by atoms with Crippen LogP contribution in [0.25, 0.3) is 0 Å². The molecular weight excluding hydrogens is 276 g/mol. The first kappa shape index (κ1) is 15.0. The van der Waals surface area contributed by atoms with E-state index in [1.807, 2.05) is 0 Å². The van der Waals surface area contributed by atoms with E-state index in [2.05, 4.69) is 5.32 Å². The molecule has 1 aromatic carbocycles. The fourth-order valence-corrected chi connectivity index (χ4v) is 3.02. The van der Waals surface area contributed by atoms with Crippen molar-refractivity contribution in [2.75, 3.05) is 6.54 Å². The van der Waals surface area contributed by atoms with Crippen LogP contribution in [0.15, 0.2) is 29.2 Å². The first-order valence-electron chi connectivity index (χ1n) is 6.86. The third-order valence-electron chi connectivity index (χ3n) is 3.69. The minimum Gasteiger partial charge on any atom is -0.356 e. The van der Waals surface area contributed by atoms with Gasteiger partial charge in [0.1, 0.15) is 0 Å². The van der Waals surface area contributed by atoms with Gasteiger partial charge in [0.25, 0.3) is 0 Å². The van der Waals surface area contributed by atoms with Crippen molar-refractivity contribution >= 4 is 15.9 Å². The van der Waals surface area contributed by atoms with E-state index in [0.717, 1.165) is 31.2 Å². The number of sulfonamides is 1. The van der Waals surface area contributed by atoms with Gasteiger partial charge in [-0.25, -0.2) is 13.6 Å². The number of hydrogen-bond acceptors (Lipinski definition) is 3. The van der Waals surface area contributed by atoms with E-state index in [0.29, 0.717) is 13.0 Å². The van der Waals surface area contributed by atoms with Gasteiger partial charge in [0.05, 0.1) is 4.90 Å². The van der Waals surface area contributed by atoms with Gasteiger partial charge < -0.3 is 5.32 Å². The molecule has 20 heavy (non-hydrogen) atoms. The lowest BCUT2D eigenvalue weighted by Crippen LogP contribution is -2.30. The van der Waals surface area contributed by atoms with Gasteiger partial charge in [-0.15, -0.1) is 0 Å². The molecule has 2 rings (SSSR count). The predicted octanol–water partition coefficient (Wildman–Crippen LogP) is 1.18. The number of carbonyl (C=O) groups is 1. The van der Waals surface area contributed by atoms with E-state index in [-0.39, 0.29) is 16.7 Å². The van der Waals surface area contributed by atoms with Crippen LogP contribution in [0.4, 0.5) is 0 Å². The molecule has 6 heteroatoms. The smallest absolute Gasteiger partial charge is 0.238 e. The Balaban J connectivity index is 1.81. The summed E-state index contributed by atoms with van der Waals surface area (Å²) in [7, 11) is -3.63. The lowest BCUT2D eigenvalue weighted by Gasteiger charge is -2.10. The van der Waals surface area contributed by atoms with Gasteiger partial charge in [0.2, 0.25) is 15.9 Å². The second-order valence-corrected chi connectivity index (χ2v) is 6.77. The molecule has 0 spiro atoms. The molecule has 0 saturated heterocycles. The summed E-state index contributed by atoms with van der Waals surface area (Å²) in [6, 6.07) is 6.43. The third kappa shape index (κ3) is 4.05. The van der Waals surface area contributed by atoms with Gasteiger partial charge in [0.15, 0.2) is 0 Å². The summed E-state index contributed by atoms with van der Waals surface area (Å²) in [5.41, 5.74) is 0.976. The summed E-state index contributed by atoms with van der Waals surface area (Å²) in [4.78, 5) is 11.9. The molecule has 1 amide bonds. The largest absolute Gasteiger partial charge is 0.356 e. The zero-order valence-corrected chi connectivity index (χ0v) is 12.2. The molecule has 3 N–H and O–H groups in total. The molecule has 5 nitrogen and oxygen atoms in total. The predicted molar refractivity (Wildman–Crippen MR) is 76.5 cm³/mol. The summed E-state index contributed by atoms with van der Waals surface area (Å²) >= 11 is 0. The molecule has 0 heterocycles. The highest BCUT2D eigenvalue weighted by Crippen LogP contribution is 2.24.